The Hall–Kier alpha value is -1.44. The van der Waals surface area contributed by atoms with Gasteiger partial charge in [-0.05, 0) is 56.1 Å². The van der Waals surface area contributed by atoms with Crippen molar-refractivity contribution >= 4 is 75.3 Å². The minimum absolute atomic E-state index is 0.0616. The molecular weight excluding hydrogens is 611 g/mol. The molecule has 0 bridgehead atoms. The van der Waals surface area contributed by atoms with E-state index in [4.69, 9.17) is 31.6 Å². The number of hydrogen-bond acceptors (Lipinski definition) is 8. The summed E-state index contributed by atoms with van der Waals surface area (Å²) >= 11 is 17.7. The molecule has 1 aromatic carbocycles. The van der Waals surface area contributed by atoms with Crippen LogP contribution in [0.3, 0.4) is 0 Å². The molecule has 2 heterocycles. The molecule has 0 saturated carbocycles. The SMILES string of the molecule is O=S(=O)(Oc1ccccc1OS(=O)(=O)c1cnc(Cl)c(Br)c1)c1cnc(Cl)c(Br)c1. The van der Waals surface area contributed by atoms with Gasteiger partial charge in [-0.15, -0.1) is 0 Å². The number of para-hydroxylation sites is 2. The van der Waals surface area contributed by atoms with Crippen LogP contribution >= 0.6 is 55.1 Å². The molecule has 0 N–H and O–H groups in total. The van der Waals surface area contributed by atoms with Crippen molar-refractivity contribution in [2.45, 2.75) is 9.79 Å². The number of nitrogens with zero attached hydrogens (tertiary/aromatic N) is 2. The fourth-order valence-electron chi connectivity index (χ4n) is 2.00. The van der Waals surface area contributed by atoms with E-state index in [2.05, 4.69) is 41.8 Å². The van der Waals surface area contributed by atoms with Crippen LogP contribution in [0.15, 0.2) is 67.5 Å². The second kappa shape index (κ2) is 8.97. The van der Waals surface area contributed by atoms with E-state index in [9.17, 15) is 16.8 Å². The van der Waals surface area contributed by atoms with Crippen LogP contribution in [-0.2, 0) is 20.2 Å². The van der Waals surface area contributed by atoms with Gasteiger partial charge in [0.05, 0.1) is 21.3 Å². The first-order valence-corrected chi connectivity index (χ1v) is 12.8. The summed E-state index contributed by atoms with van der Waals surface area (Å²) in [6.45, 7) is 0. The monoisotopic (exact) mass is 616 g/mol. The van der Waals surface area contributed by atoms with E-state index in [0.717, 1.165) is 12.4 Å². The molecule has 2 aromatic heterocycles. The number of pyridine rings is 2. The summed E-state index contributed by atoms with van der Waals surface area (Å²) in [4.78, 5) is 6.86. The molecule has 14 heteroatoms. The van der Waals surface area contributed by atoms with Crippen LogP contribution < -0.4 is 8.37 Å². The molecule has 8 nitrogen and oxygen atoms in total. The van der Waals surface area contributed by atoms with Gasteiger partial charge >= 0.3 is 20.2 Å². The summed E-state index contributed by atoms with van der Waals surface area (Å²) in [7, 11) is -8.74. The molecule has 3 aromatic rings. The normalized spacial score (nSPS) is 11.9. The lowest BCUT2D eigenvalue weighted by molar-refractivity contribution is 0.449. The first-order valence-electron chi connectivity index (χ1n) is 7.60. The quantitative estimate of drug-likeness (QED) is 0.285. The molecule has 30 heavy (non-hydrogen) atoms. The maximum Gasteiger partial charge on any atom is 0.340 e. The topological polar surface area (TPSA) is 113 Å². The van der Waals surface area contributed by atoms with Crippen molar-refractivity contribution in [2.24, 2.45) is 0 Å². The van der Waals surface area contributed by atoms with Gasteiger partial charge < -0.3 is 8.37 Å². The molecule has 0 atom stereocenters. The number of benzene rings is 1. The molecular formula is C16H8Br2Cl2N2O6S2. The summed E-state index contributed by atoms with van der Waals surface area (Å²) in [5.41, 5.74) is 0. The Kier molecular flexibility index (Phi) is 6.94. The minimum atomic E-state index is -4.37. The zero-order valence-corrected chi connectivity index (χ0v) is 20.6. The van der Waals surface area contributed by atoms with Crippen LogP contribution in [0.4, 0.5) is 0 Å². The summed E-state index contributed by atoms with van der Waals surface area (Å²) in [5, 5.41) is 0.123. The molecule has 0 saturated heterocycles. The van der Waals surface area contributed by atoms with E-state index in [1.807, 2.05) is 0 Å². The number of hydrogen-bond donors (Lipinski definition) is 0. The van der Waals surface area contributed by atoms with Crippen molar-refractivity contribution in [3.8, 4) is 11.5 Å². The number of rotatable bonds is 6. The van der Waals surface area contributed by atoms with Gasteiger partial charge in [-0.25, -0.2) is 9.97 Å². The largest absolute Gasteiger partial charge is 0.375 e. The fraction of sp³-hybridized carbons (Fsp3) is 0. The molecule has 0 amide bonds. The standard InChI is InChI=1S/C16H8Br2Cl2N2O6S2/c17-11-5-9(7-21-15(11)19)29(23,24)27-13-3-1-2-4-14(13)28-30(25,26)10-6-12(18)16(20)22-8-10/h1-8H. The lowest BCUT2D eigenvalue weighted by atomic mass is 10.3. The third-order valence-electron chi connectivity index (χ3n) is 3.37. The highest BCUT2D eigenvalue weighted by Gasteiger charge is 2.24. The Bertz CT molecular complexity index is 1230. The molecule has 0 aliphatic heterocycles. The van der Waals surface area contributed by atoms with Crippen LogP contribution in [0.1, 0.15) is 0 Å². The van der Waals surface area contributed by atoms with Crippen LogP contribution in [0.2, 0.25) is 10.3 Å². The summed E-state index contributed by atoms with van der Waals surface area (Å²) in [6, 6.07) is 7.75. The van der Waals surface area contributed by atoms with Gasteiger partial charge in [0.2, 0.25) is 0 Å². The van der Waals surface area contributed by atoms with E-state index in [0.29, 0.717) is 0 Å². The highest BCUT2D eigenvalue weighted by Crippen LogP contribution is 2.33. The lowest BCUT2D eigenvalue weighted by Gasteiger charge is -2.13. The third kappa shape index (κ3) is 5.24. The number of halogens is 4. The first-order chi connectivity index (χ1) is 14.0. The van der Waals surface area contributed by atoms with Crippen molar-refractivity contribution in [1.29, 1.82) is 0 Å². The highest BCUT2D eigenvalue weighted by molar-refractivity contribution is 9.10. The smallest absolute Gasteiger partial charge is 0.340 e. The van der Waals surface area contributed by atoms with Gasteiger partial charge in [0.25, 0.3) is 0 Å². The third-order valence-corrected chi connectivity index (χ3v) is 8.03. The molecule has 0 aliphatic rings. The van der Waals surface area contributed by atoms with Gasteiger partial charge in [-0.3, -0.25) is 0 Å². The molecule has 0 fully saturated rings. The average molecular weight is 619 g/mol. The van der Waals surface area contributed by atoms with Gasteiger partial charge in [-0.1, -0.05) is 35.3 Å². The van der Waals surface area contributed by atoms with Gasteiger partial charge in [0.1, 0.15) is 20.1 Å². The van der Waals surface area contributed by atoms with Crippen LogP contribution in [0.5, 0.6) is 11.5 Å². The van der Waals surface area contributed by atoms with Crippen molar-refractivity contribution in [2.75, 3.05) is 0 Å². The Morgan fingerprint density at radius 3 is 1.43 bits per heavy atom. The van der Waals surface area contributed by atoms with E-state index in [1.54, 1.807) is 0 Å². The molecule has 0 unspecified atom stereocenters. The predicted octanol–water partition coefficient (Wildman–Crippen LogP) is 4.84. The van der Waals surface area contributed by atoms with Crippen molar-refractivity contribution in [3.63, 3.8) is 0 Å². The first kappa shape index (κ1) is 23.2. The van der Waals surface area contributed by atoms with Gasteiger partial charge in [-0.2, -0.15) is 16.8 Å². The Morgan fingerprint density at radius 2 is 1.10 bits per heavy atom. The average Bonchev–Trinajstić information content (AvgIpc) is 2.67. The fourth-order valence-corrected chi connectivity index (χ4v) is 5.04. The van der Waals surface area contributed by atoms with E-state index in [1.165, 1.54) is 36.4 Å². The van der Waals surface area contributed by atoms with E-state index < -0.39 is 20.2 Å². The Balaban J connectivity index is 1.94. The van der Waals surface area contributed by atoms with Gasteiger partial charge in [0.15, 0.2) is 11.5 Å². The summed E-state index contributed by atoms with van der Waals surface area (Å²) in [6.07, 6.45) is 2.00. The maximum atomic E-state index is 12.6. The van der Waals surface area contributed by atoms with Gasteiger partial charge in [0, 0.05) is 0 Å². The van der Waals surface area contributed by atoms with E-state index >= 15 is 0 Å². The predicted molar refractivity (Wildman–Crippen MR) is 116 cm³/mol. The van der Waals surface area contributed by atoms with Crippen LogP contribution in [0, 0.1) is 0 Å². The highest BCUT2D eigenvalue weighted by atomic mass is 79.9. The minimum Gasteiger partial charge on any atom is -0.375 e. The zero-order valence-electron chi connectivity index (χ0n) is 14.3. The maximum absolute atomic E-state index is 12.6. The Morgan fingerprint density at radius 1 is 0.733 bits per heavy atom. The van der Waals surface area contributed by atoms with Crippen molar-refractivity contribution in [1.82, 2.24) is 9.97 Å². The van der Waals surface area contributed by atoms with Crippen LogP contribution in [-0.4, -0.2) is 26.8 Å². The molecule has 158 valence electrons. The lowest BCUT2D eigenvalue weighted by Crippen LogP contribution is -2.14. The van der Waals surface area contributed by atoms with Crippen molar-refractivity contribution in [3.05, 3.63) is 68.0 Å². The molecule has 0 radical (unpaired) electrons. The summed E-state index contributed by atoms with van der Waals surface area (Å²) in [5.74, 6) is -0.707. The zero-order chi connectivity index (χ0) is 22.1. The van der Waals surface area contributed by atoms with Crippen molar-refractivity contribution < 1.29 is 25.2 Å². The molecule has 0 aliphatic carbocycles. The second-order valence-corrected chi connectivity index (χ2v) is 10.9. The molecule has 3 rings (SSSR count). The second-order valence-electron chi connectivity index (χ2n) is 5.41. The molecule has 0 spiro atoms. The van der Waals surface area contributed by atoms with Crippen LogP contribution in [0.25, 0.3) is 0 Å². The Labute approximate surface area is 198 Å². The number of aromatic nitrogens is 2. The van der Waals surface area contributed by atoms with E-state index in [-0.39, 0.29) is 40.5 Å². The summed E-state index contributed by atoms with van der Waals surface area (Å²) < 4.78 is 60.9.